The molecule has 0 N–H and O–H groups in total. The fourth-order valence-corrected chi connectivity index (χ4v) is 1.30. The maximum atomic E-state index is 11.9. The van der Waals surface area contributed by atoms with Gasteiger partial charge in [0.15, 0.2) is 0 Å². The standard InChI is InChI=1S/C9H13ClN2O2/c1-9(2,14-4)8(13)7-6(10)5-11-12(7)3/h5H,1-4H3. The maximum absolute atomic E-state index is 11.9. The molecule has 0 atom stereocenters. The summed E-state index contributed by atoms with van der Waals surface area (Å²) < 4.78 is 6.53. The Labute approximate surface area is 87.8 Å². The van der Waals surface area contributed by atoms with Gasteiger partial charge in [0.25, 0.3) is 0 Å². The summed E-state index contributed by atoms with van der Waals surface area (Å²) in [6.45, 7) is 3.39. The molecule has 0 bridgehead atoms. The second-order valence-electron chi connectivity index (χ2n) is 3.51. The van der Waals surface area contributed by atoms with E-state index in [4.69, 9.17) is 16.3 Å². The summed E-state index contributed by atoms with van der Waals surface area (Å²) in [6.07, 6.45) is 1.44. The number of aromatic nitrogens is 2. The number of rotatable bonds is 3. The van der Waals surface area contributed by atoms with Crippen LogP contribution in [0.5, 0.6) is 0 Å². The number of ether oxygens (including phenoxy) is 1. The second kappa shape index (κ2) is 3.71. The molecular formula is C9H13ClN2O2. The molecule has 78 valence electrons. The van der Waals surface area contributed by atoms with Gasteiger partial charge in [-0.15, -0.1) is 0 Å². The molecule has 0 aliphatic rings. The Morgan fingerprint density at radius 3 is 2.57 bits per heavy atom. The summed E-state index contributed by atoms with van der Waals surface area (Å²) >= 11 is 5.84. The van der Waals surface area contributed by atoms with Gasteiger partial charge in [-0.2, -0.15) is 5.10 Å². The van der Waals surface area contributed by atoms with Crippen LogP contribution in [0.2, 0.25) is 5.02 Å². The first-order chi connectivity index (χ1) is 6.40. The van der Waals surface area contributed by atoms with Crippen molar-refractivity contribution in [2.45, 2.75) is 19.4 Å². The Morgan fingerprint density at radius 1 is 1.64 bits per heavy atom. The molecule has 0 spiro atoms. The highest BCUT2D eigenvalue weighted by molar-refractivity contribution is 6.34. The van der Waals surface area contributed by atoms with Gasteiger partial charge in [-0.25, -0.2) is 0 Å². The van der Waals surface area contributed by atoms with Gasteiger partial charge in [-0.3, -0.25) is 9.48 Å². The lowest BCUT2D eigenvalue weighted by molar-refractivity contribution is 0.0220. The summed E-state index contributed by atoms with van der Waals surface area (Å²) in [5.74, 6) is -0.176. The molecule has 0 fully saturated rings. The molecular weight excluding hydrogens is 204 g/mol. The van der Waals surface area contributed by atoms with E-state index >= 15 is 0 Å². The third kappa shape index (κ3) is 1.81. The van der Waals surface area contributed by atoms with Gasteiger partial charge in [0, 0.05) is 14.2 Å². The molecule has 0 radical (unpaired) electrons. The first-order valence-corrected chi connectivity index (χ1v) is 4.55. The Hall–Kier alpha value is -0.870. The molecule has 1 aromatic heterocycles. The first-order valence-electron chi connectivity index (χ1n) is 4.17. The van der Waals surface area contributed by atoms with E-state index in [1.165, 1.54) is 18.0 Å². The van der Waals surface area contributed by atoms with Gasteiger partial charge in [0.2, 0.25) is 5.78 Å². The number of hydrogen-bond donors (Lipinski definition) is 0. The van der Waals surface area contributed by atoms with Crippen molar-refractivity contribution in [3.05, 3.63) is 16.9 Å². The Morgan fingerprint density at radius 2 is 2.21 bits per heavy atom. The van der Waals surface area contributed by atoms with Crippen LogP contribution in [0.3, 0.4) is 0 Å². The van der Waals surface area contributed by atoms with Crippen LogP contribution in [0.1, 0.15) is 24.3 Å². The molecule has 0 aliphatic heterocycles. The van der Waals surface area contributed by atoms with E-state index < -0.39 is 5.60 Å². The monoisotopic (exact) mass is 216 g/mol. The summed E-state index contributed by atoms with van der Waals surface area (Å²) in [7, 11) is 3.16. The van der Waals surface area contributed by atoms with Crippen LogP contribution in [-0.4, -0.2) is 28.3 Å². The Kier molecular flexibility index (Phi) is 2.97. The quantitative estimate of drug-likeness (QED) is 0.723. The predicted octanol–water partition coefficient (Wildman–Crippen LogP) is 1.68. The number of nitrogens with zero attached hydrogens (tertiary/aromatic N) is 2. The lowest BCUT2D eigenvalue weighted by Crippen LogP contribution is -2.35. The van der Waals surface area contributed by atoms with Crippen molar-refractivity contribution < 1.29 is 9.53 Å². The van der Waals surface area contributed by atoms with E-state index in [1.807, 2.05) is 0 Å². The lowest BCUT2D eigenvalue weighted by atomic mass is 10.0. The normalized spacial score (nSPS) is 11.8. The molecule has 14 heavy (non-hydrogen) atoms. The van der Waals surface area contributed by atoms with E-state index in [9.17, 15) is 4.79 Å². The van der Waals surface area contributed by atoms with E-state index in [0.717, 1.165) is 0 Å². The van der Waals surface area contributed by atoms with Crippen LogP contribution < -0.4 is 0 Å². The van der Waals surface area contributed by atoms with Gasteiger partial charge in [0.1, 0.15) is 11.3 Å². The topological polar surface area (TPSA) is 44.1 Å². The van der Waals surface area contributed by atoms with Crippen LogP contribution in [0.4, 0.5) is 0 Å². The van der Waals surface area contributed by atoms with Crippen molar-refractivity contribution in [3.63, 3.8) is 0 Å². The Balaban J connectivity index is 3.13. The first kappa shape index (κ1) is 11.2. The van der Waals surface area contributed by atoms with E-state index in [0.29, 0.717) is 10.7 Å². The zero-order chi connectivity index (χ0) is 10.9. The molecule has 5 heteroatoms. The number of Topliss-reactive ketones (excluding diaryl/α,β-unsaturated/α-hetero) is 1. The fourth-order valence-electron chi connectivity index (χ4n) is 1.04. The largest absolute Gasteiger partial charge is 0.371 e. The van der Waals surface area contributed by atoms with Gasteiger partial charge in [-0.1, -0.05) is 11.6 Å². The van der Waals surface area contributed by atoms with Gasteiger partial charge in [-0.05, 0) is 13.8 Å². The van der Waals surface area contributed by atoms with Gasteiger partial charge >= 0.3 is 0 Å². The number of methoxy groups -OCH3 is 1. The fraction of sp³-hybridized carbons (Fsp3) is 0.556. The highest BCUT2D eigenvalue weighted by Gasteiger charge is 2.32. The lowest BCUT2D eigenvalue weighted by Gasteiger charge is -2.21. The number of hydrogen-bond acceptors (Lipinski definition) is 3. The third-order valence-electron chi connectivity index (χ3n) is 2.17. The van der Waals surface area contributed by atoms with E-state index in [-0.39, 0.29) is 5.78 Å². The summed E-state index contributed by atoms with van der Waals surface area (Å²) in [5.41, 5.74) is -0.504. The molecule has 4 nitrogen and oxygen atoms in total. The summed E-state index contributed by atoms with van der Waals surface area (Å²) in [4.78, 5) is 11.9. The molecule has 1 heterocycles. The molecule has 1 aromatic rings. The minimum Gasteiger partial charge on any atom is -0.371 e. The highest BCUT2D eigenvalue weighted by Crippen LogP contribution is 2.21. The summed E-state index contributed by atoms with van der Waals surface area (Å²) in [6, 6.07) is 0. The zero-order valence-electron chi connectivity index (χ0n) is 8.67. The van der Waals surface area contributed by atoms with Crippen molar-refractivity contribution in [1.82, 2.24) is 9.78 Å². The van der Waals surface area contributed by atoms with Crippen LogP contribution >= 0.6 is 11.6 Å². The minimum absolute atomic E-state index is 0.176. The average molecular weight is 217 g/mol. The molecule has 0 saturated carbocycles. The molecule has 0 aromatic carbocycles. The summed E-state index contributed by atoms with van der Waals surface area (Å²) in [5, 5.41) is 4.24. The van der Waals surface area contributed by atoms with Crippen LogP contribution in [0, 0.1) is 0 Å². The number of carbonyl (C=O) groups is 1. The van der Waals surface area contributed by atoms with Gasteiger partial charge in [0.05, 0.1) is 11.2 Å². The molecule has 0 unspecified atom stereocenters. The third-order valence-corrected chi connectivity index (χ3v) is 2.44. The Bertz CT molecular complexity index is 338. The number of carbonyl (C=O) groups excluding carboxylic acids is 1. The molecule has 0 saturated heterocycles. The zero-order valence-corrected chi connectivity index (χ0v) is 9.42. The van der Waals surface area contributed by atoms with Crippen LogP contribution in [-0.2, 0) is 11.8 Å². The number of halogens is 1. The second-order valence-corrected chi connectivity index (χ2v) is 3.92. The smallest absolute Gasteiger partial charge is 0.213 e. The van der Waals surface area contributed by atoms with Crippen molar-refractivity contribution in [2.24, 2.45) is 7.05 Å². The molecule has 1 rings (SSSR count). The number of aryl methyl sites for hydroxylation is 1. The van der Waals surface area contributed by atoms with Crippen LogP contribution in [0.25, 0.3) is 0 Å². The average Bonchev–Trinajstić information content (AvgIpc) is 2.45. The maximum Gasteiger partial charge on any atom is 0.213 e. The van der Waals surface area contributed by atoms with Crippen molar-refractivity contribution >= 4 is 17.4 Å². The molecule has 0 amide bonds. The minimum atomic E-state index is -0.878. The van der Waals surface area contributed by atoms with Gasteiger partial charge < -0.3 is 4.74 Å². The predicted molar refractivity (Wildman–Crippen MR) is 53.6 cm³/mol. The van der Waals surface area contributed by atoms with E-state index in [1.54, 1.807) is 20.9 Å². The van der Waals surface area contributed by atoms with Crippen molar-refractivity contribution in [2.75, 3.05) is 7.11 Å². The van der Waals surface area contributed by atoms with Crippen molar-refractivity contribution in [1.29, 1.82) is 0 Å². The van der Waals surface area contributed by atoms with E-state index in [2.05, 4.69) is 5.10 Å². The highest BCUT2D eigenvalue weighted by atomic mass is 35.5. The van der Waals surface area contributed by atoms with Crippen LogP contribution in [0.15, 0.2) is 6.20 Å². The SMILES string of the molecule is COC(C)(C)C(=O)c1c(Cl)cnn1C. The van der Waals surface area contributed by atoms with Crippen molar-refractivity contribution in [3.8, 4) is 0 Å². The molecule has 0 aliphatic carbocycles. The number of ketones is 1.